The van der Waals surface area contributed by atoms with Crippen molar-refractivity contribution in [1.82, 2.24) is 5.32 Å². The van der Waals surface area contributed by atoms with Crippen LogP contribution in [0.2, 0.25) is 0 Å². The van der Waals surface area contributed by atoms with Gasteiger partial charge in [-0.25, -0.2) is 0 Å². The molecule has 1 aromatic rings. The van der Waals surface area contributed by atoms with Gasteiger partial charge in [0, 0.05) is 18.3 Å². The Morgan fingerprint density at radius 3 is 3.00 bits per heavy atom. The van der Waals surface area contributed by atoms with E-state index in [1.807, 2.05) is 31.2 Å². The van der Waals surface area contributed by atoms with Gasteiger partial charge in [0.05, 0.1) is 12.3 Å². The maximum atomic E-state index is 12.0. The van der Waals surface area contributed by atoms with Crippen molar-refractivity contribution in [1.29, 1.82) is 0 Å². The highest BCUT2D eigenvalue weighted by molar-refractivity contribution is 6.04. The smallest absolute Gasteiger partial charge is 0.253 e. The molecule has 0 radical (unpaired) electrons. The molecule has 2 rings (SSSR count). The second-order valence-corrected chi connectivity index (χ2v) is 4.11. The predicted octanol–water partition coefficient (Wildman–Crippen LogP) is 2.29. The fourth-order valence-corrected chi connectivity index (χ4v) is 1.88. The van der Waals surface area contributed by atoms with Gasteiger partial charge in [0.1, 0.15) is 5.75 Å². The molecule has 1 aromatic carbocycles. The van der Waals surface area contributed by atoms with Crippen LogP contribution in [0.1, 0.15) is 19.8 Å². The molecule has 2 N–H and O–H groups in total. The number of hydrogen-bond acceptors (Lipinski definition) is 3. The number of ether oxygens (including phenoxy) is 1. The first-order valence-electron chi connectivity index (χ1n) is 6.27. The summed E-state index contributed by atoms with van der Waals surface area (Å²) in [5, 5.41) is 5.98. The van der Waals surface area contributed by atoms with E-state index in [-0.39, 0.29) is 5.91 Å². The van der Waals surface area contributed by atoms with E-state index >= 15 is 0 Å². The molecule has 4 heteroatoms. The molecule has 4 nitrogen and oxygen atoms in total. The zero-order valence-electron chi connectivity index (χ0n) is 10.5. The molecule has 18 heavy (non-hydrogen) atoms. The number of para-hydroxylation sites is 2. The SMILES string of the molecule is CCOc1ccccc1NC(=O)C1=CNCCC1. The van der Waals surface area contributed by atoms with Crippen molar-refractivity contribution in [3.05, 3.63) is 36.0 Å². The summed E-state index contributed by atoms with van der Waals surface area (Å²) in [5.74, 6) is 0.645. The Balaban J connectivity index is 2.08. The van der Waals surface area contributed by atoms with E-state index in [2.05, 4.69) is 10.6 Å². The minimum absolute atomic E-state index is 0.0608. The molecular weight excluding hydrogens is 228 g/mol. The molecule has 0 spiro atoms. The number of nitrogens with one attached hydrogen (secondary N) is 2. The normalized spacial score (nSPS) is 14.4. The Labute approximate surface area is 107 Å². The average Bonchev–Trinajstić information content (AvgIpc) is 2.42. The Morgan fingerprint density at radius 2 is 2.28 bits per heavy atom. The zero-order chi connectivity index (χ0) is 12.8. The van der Waals surface area contributed by atoms with Crippen LogP contribution in [-0.2, 0) is 4.79 Å². The van der Waals surface area contributed by atoms with Crippen molar-refractivity contribution in [2.24, 2.45) is 0 Å². The minimum atomic E-state index is -0.0608. The summed E-state index contributed by atoms with van der Waals surface area (Å²) in [6.07, 6.45) is 3.60. The van der Waals surface area contributed by atoms with Crippen LogP contribution in [0.4, 0.5) is 5.69 Å². The summed E-state index contributed by atoms with van der Waals surface area (Å²) in [5.41, 5.74) is 1.50. The van der Waals surface area contributed by atoms with E-state index in [4.69, 9.17) is 4.74 Å². The molecule has 96 valence electrons. The van der Waals surface area contributed by atoms with Crippen molar-refractivity contribution in [2.45, 2.75) is 19.8 Å². The maximum absolute atomic E-state index is 12.0. The van der Waals surface area contributed by atoms with Gasteiger partial charge in [0.15, 0.2) is 0 Å². The lowest BCUT2D eigenvalue weighted by molar-refractivity contribution is -0.113. The highest BCUT2D eigenvalue weighted by Crippen LogP contribution is 2.24. The number of rotatable bonds is 4. The van der Waals surface area contributed by atoms with Crippen LogP contribution in [0.15, 0.2) is 36.0 Å². The number of carbonyl (C=O) groups excluding carboxylic acids is 1. The summed E-state index contributed by atoms with van der Waals surface area (Å²) in [6, 6.07) is 7.47. The number of hydrogen-bond donors (Lipinski definition) is 2. The van der Waals surface area contributed by atoms with Gasteiger partial charge in [-0.3, -0.25) is 4.79 Å². The summed E-state index contributed by atoms with van der Waals surface area (Å²) in [6.45, 7) is 3.44. The average molecular weight is 246 g/mol. The fourth-order valence-electron chi connectivity index (χ4n) is 1.88. The van der Waals surface area contributed by atoms with Crippen molar-refractivity contribution in [2.75, 3.05) is 18.5 Å². The molecule has 1 amide bonds. The second kappa shape index (κ2) is 6.10. The van der Waals surface area contributed by atoms with E-state index in [1.54, 1.807) is 6.20 Å². The Kier molecular flexibility index (Phi) is 4.23. The lowest BCUT2D eigenvalue weighted by Gasteiger charge is -2.15. The molecule has 1 heterocycles. The van der Waals surface area contributed by atoms with E-state index in [0.717, 1.165) is 30.6 Å². The van der Waals surface area contributed by atoms with Crippen molar-refractivity contribution < 1.29 is 9.53 Å². The molecule has 0 unspecified atom stereocenters. The second-order valence-electron chi connectivity index (χ2n) is 4.11. The van der Waals surface area contributed by atoms with Gasteiger partial charge in [-0.05, 0) is 31.9 Å². The molecule has 0 atom stereocenters. The minimum Gasteiger partial charge on any atom is -0.492 e. The van der Waals surface area contributed by atoms with E-state index in [1.165, 1.54) is 0 Å². The van der Waals surface area contributed by atoms with Crippen LogP contribution < -0.4 is 15.4 Å². The summed E-state index contributed by atoms with van der Waals surface area (Å²) < 4.78 is 5.48. The third-order valence-electron chi connectivity index (χ3n) is 2.77. The topological polar surface area (TPSA) is 50.4 Å². The lowest BCUT2D eigenvalue weighted by atomic mass is 10.1. The van der Waals surface area contributed by atoms with Crippen LogP contribution in [0.5, 0.6) is 5.75 Å². The lowest BCUT2D eigenvalue weighted by Crippen LogP contribution is -2.22. The van der Waals surface area contributed by atoms with Gasteiger partial charge in [-0.15, -0.1) is 0 Å². The first-order valence-corrected chi connectivity index (χ1v) is 6.27. The Hall–Kier alpha value is -1.97. The van der Waals surface area contributed by atoms with Crippen molar-refractivity contribution in [3.63, 3.8) is 0 Å². The number of amides is 1. The molecular formula is C14H18N2O2. The van der Waals surface area contributed by atoms with Crippen molar-refractivity contribution >= 4 is 11.6 Å². The standard InChI is InChI=1S/C14H18N2O2/c1-2-18-13-8-4-3-7-12(13)16-14(17)11-6-5-9-15-10-11/h3-4,7-8,10,15H,2,5-6,9H2,1H3,(H,16,17). The fraction of sp³-hybridized carbons (Fsp3) is 0.357. The number of anilines is 1. The zero-order valence-corrected chi connectivity index (χ0v) is 10.5. The molecule has 0 aliphatic carbocycles. The van der Waals surface area contributed by atoms with Gasteiger partial charge >= 0.3 is 0 Å². The molecule has 0 aromatic heterocycles. The highest BCUT2D eigenvalue weighted by Gasteiger charge is 2.13. The van der Waals surface area contributed by atoms with Crippen LogP contribution in [0.25, 0.3) is 0 Å². The molecule has 0 saturated carbocycles. The highest BCUT2D eigenvalue weighted by atomic mass is 16.5. The summed E-state index contributed by atoms with van der Waals surface area (Å²) >= 11 is 0. The third kappa shape index (κ3) is 3.03. The summed E-state index contributed by atoms with van der Waals surface area (Å²) in [7, 11) is 0. The molecule has 0 saturated heterocycles. The van der Waals surface area contributed by atoms with Crippen LogP contribution in [-0.4, -0.2) is 19.1 Å². The molecule has 0 fully saturated rings. The predicted molar refractivity (Wildman–Crippen MR) is 71.6 cm³/mol. The van der Waals surface area contributed by atoms with Crippen LogP contribution in [0.3, 0.4) is 0 Å². The van der Waals surface area contributed by atoms with Crippen LogP contribution >= 0.6 is 0 Å². The van der Waals surface area contributed by atoms with Gasteiger partial charge < -0.3 is 15.4 Å². The van der Waals surface area contributed by atoms with Gasteiger partial charge in [-0.2, -0.15) is 0 Å². The van der Waals surface area contributed by atoms with Gasteiger partial charge in [0.25, 0.3) is 5.91 Å². The molecule has 1 aliphatic heterocycles. The first-order chi connectivity index (χ1) is 8.81. The van der Waals surface area contributed by atoms with E-state index < -0.39 is 0 Å². The number of carbonyl (C=O) groups is 1. The van der Waals surface area contributed by atoms with Gasteiger partial charge in [-0.1, -0.05) is 12.1 Å². The number of benzene rings is 1. The van der Waals surface area contributed by atoms with Gasteiger partial charge in [0.2, 0.25) is 0 Å². The van der Waals surface area contributed by atoms with Crippen LogP contribution in [0, 0.1) is 0 Å². The largest absolute Gasteiger partial charge is 0.492 e. The monoisotopic (exact) mass is 246 g/mol. The Bertz CT molecular complexity index is 455. The Morgan fingerprint density at radius 1 is 1.44 bits per heavy atom. The maximum Gasteiger partial charge on any atom is 0.253 e. The molecule has 1 aliphatic rings. The first kappa shape index (κ1) is 12.5. The van der Waals surface area contributed by atoms with Crippen molar-refractivity contribution in [3.8, 4) is 5.75 Å². The third-order valence-corrected chi connectivity index (χ3v) is 2.77. The van der Waals surface area contributed by atoms with E-state index in [9.17, 15) is 4.79 Å². The van der Waals surface area contributed by atoms with E-state index in [0.29, 0.717) is 12.4 Å². The summed E-state index contributed by atoms with van der Waals surface area (Å²) in [4.78, 5) is 12.0. The quantitative estimate of drug-likeness (QED) is 0.857. The molecule has 0 bridgehead atoms.